The number of carbonyl (C=O) groups excluding carboxylic acids is 1. The summed E-state index contributed by atoms with van der Waals surface area (Å²) in [4.78, 5) is 11.2. The summed E-state index contributed by atoms with van der Waals surface area (Å²) in [5.74, 6) is -0.453. The minimum atomic E-state index is -2.82. The van der Waals surface area contributed by atoms with E-state index >= 15 is 0 Å². The van der Waals surface area contributed by atoms with Gasteiger partial charge >= 0.3 is 14.8 Å². The molecule has 116 valence electrons. The molecule has 1 aromatic carbocycles. The van der Waals surface area contributed by atoms with Gasteiger partial charge in [-0.05, 0) is 11.1 Å². The van der Waals surface area contributed by atoms with E-state index in [9.17, 15) is 4.79 Å². The van der Waals surface area contributed by atoms with Crippen molar-refractivity contribution in [3.63, 3.8) is 0 Å². The van der Waals surface area contributed by atoms with Crippen molar-refractivity contribution in [2.24, 2.45) is 0 Å². The van der Waals surface area contributed by atoms with Crippen molar-refractivity contribution in [1.82, 2.24) is 0 Å². The van der Waals surface area contributed by atoms with Gasteiger partial charge in [0.1, 0.15) is 6.61 Å². The predicted molar refractivity (Wildman–Crippen MR) is 81.6 cm³/mol. The molecule has 1 aromatic rings. The predicted octanol–water partition coefficient (Wildman–Crippen LogP) is 2.44. The third-order valence-corrected chi connectivity index (χ3v) is 6.52. The van der Waals surface area contributed by atoms with Crippen LogP contribution in [-0.2, 0) is 29.4 Å². The van der Waals surface area contributed by atoms with Gasteiger partial charge in [-0.25, -0.2) is 4.79 Å². The first-order valence-corrected chi connectivity index (χ1v) is 8.37. The Morgan fingerprint density at radius 3 is 2.33 bits per heavy atom. The number of carbonyl (C=O) groups is 1. The fourth-order valence-corrected chi connectivity index (χ4v) is 4.49. The van der Waals surface area contributed by atoms with Gasteiger partial charge in [0.25, 0.3) is 0 Å². The second-order valence-electron chi connectivity index (χ2n) is 4.45. The molecule has 1 rings (SSSR count). The molecule has 0 bridgehead atoms. The zero-order valence-corrected chi connectivity index (χ0v) is 13.9. The summed E-state index contributed by atoms with van der Waals surface area (Å²) < 4.78 is 21.7. The number of hydrogen-bond acceptors (Lipinski definition) is 5. The fraction of sp³-hybridized carbons (Fsp3) is 0.400. The summed E-state index contributed by atoms with van der Waals surface area (Å²) in [6.07, 6.45) is 1.14. The van der Waals surface area contributed by atoms with Crippen LogP contribution >= 0.6 is 0 Å². The Kier molecular flexibility index (Phi) is 6.77. The molecule has 0 radical (unpaired) electrons. The van der Waals surface area contributed by atoms with Crippen molar-refractivity contribution in [1.29, 1.82) is 0 Å². The maximum absolute atomic E-state index is 11.2. The topological polar surface area (TPSA) is 54.0 Å². The molecule has 0 saturated carbocycles. The lowest BCUT2D eigenvalue weighted by atomic mass is 10.1. The molecule has 0 aliphatic carbocycles. The van der Waals surface area contributed by atoms with E-state index < -0.39 is 14.8 Å². The zero-order chi connectivity index (χ0) is 15.9. The van der Waals surface area contributed by atoms with E-state index in [-0.39, 0.29) is 12.1 Å². The second-order valence-corrected chi connectivity index (χ2v) is 7.75. The van der Waals surface area contributed by atoms with Gasteiger partial charge in [-0.2, -0.15) is 0 Å². The van der Waals surface area contributed by atoms with E-state index in [0.717, 1.165) is 17.2 Å². The highest BCUT2D eigenvalue weighted by Crippen LogP contribution is 2.30. The summed E-state index contributed by atoms with van der Waals surface area (Å²) >= 11 is 0. The average Bonchev–Trinajstić information content (AvgIpc) is 2.54. The first-order valence-electron chi connectivity index (χ1n) is 6.57. The minimum Gasteiger partial charge on any atom is -0.458 e. The molecular formula is C15H22O5Si. The van der Waals surface area contributed by atoms with Gasteiger partial charge < -0.3 is 18.0 Å². The number of hydrogen-bond donors (Lipinski definition) is 0. The number of benzene rings is 1. The van der Waals surface area contributed by atoms with E-state index in [1.165, 1.54) is 0 Å². The molecule has 21 heavy (non-hydrogen) atoms. The SMILES string of the molecule is C=CC(=O)OCc1ccccc1C(C)[Si](OC)(OC)OC. The van der Waals surface area contributed by atoms with Gasteiger partial charge in [0, 0.05) is 27.4 Å². The van der Waals surface area contributed by atoms with Crippen LogP contribution in [0.15, 0.2) is 36.9 Å². The number of rotatable bonds is 8. The standard InChI is InChI=1S/C15H22O5Si/c1-6-15(16)20-11-13-9-7-8-10-14(13)12(2)21(17-3,18-4)19-5/h6-10,12H,1,11H2,2-5H3. The van der Waals surface area contributed by atoms with Crippen LogP contribution in [-0.4, -0.2) is 36.1 Å². The summed E-state index contributed by atoms with van der Waals surface area (Å²) in [7, 11) is 1.92. The molecule has 1 unspecified atom stereocenters. The van der Waals surface area contributed by atoms with Crippen LogP contribution in [0.1, 0.15) is 23.6 Å². The monoisotopic (exact) mass is 310 g/mol. The van der Waals surface area contributed by atoms with Gasteiger partial charge in [0.15, 0.2) is 0 Å². The summed E-state index contributed by atoms with van der Waals surface area (Å²) in [6, 6.07) is 7.68. The lowest BCUT2D eigenvalue weighted by Crippen LogP contribution is -2.48. The smallest absolute Gasteiger partial charge is 0.458 e. The first-order chi connectivity index (χ1) is 10.0. The molecule has 0 spiro atoms. The minimum absolute atomic E-state index is 0.0869. The highest BCUT2D eigenvalue weighted by molar-refractivity contribution is 6.62. The molecule has 0 fully saturated rings. The lowest BCUT2D eigenvalue weighted by Gasteiger charge is -2.31. The lowest BCUT2D eigenvalue weighted by molar-refractivity contribution is -0.138. The van der Waals surface area contributed by atoms with Crippen LogP contribution < -0.4 is 0 Å². The normalized spacial score (nSPS) is 12.8. The zero-order valence-electron chi connectivity index (χ0n) is 12.9. The van der Waals surface area contributed by atoms with Crippen molar-refractivity contribution in [3.05, 3.63) is 48.0 Å². The van der Waals surface area contributed by atoms with Crippen molar-refractivity contribution in [2.45, 2.75) is 19.1 Å². The molecule has 0 aliphatic heterocycles. The Labute approximate surface area is 126 Å². The molecule has 0 saturated heterocycles. The highest BCUT2D eigenvalue weighted by Gasteiger charge is 2.46. The Balaban J connectivity index is 3.06. The Morgan fingerprint density at radius 1 is 1.24 bits per heavy atom. The van der Waals surface area contributed by atoms with Crippen molar-refractivity contribution in [3.8, 4) is 0 Å². The second kappa shape index (κ2) is 8.09. The van der Waals surface area contributed by atoms with Crippen molar-refractivity contribution >= 4 is 14.8 Å². The fourth-order valence-electron chi connectivity index (χ4n) is 2.27. The average molecular weight is 310 g/mol. The summed E-state index contributed by atoms with van der Waals surface area (Å²) in [5.41, 5.74) is 1.78. The molecule has 0 aromatic heterocycles. The van der Waals surface area contributed by atoms with E-state index in [0.29, 0.717) is 0 Å². The van der Waals surface area contributed by atoms with Crippen LogP contribution in [0, 0.1) is 0 Å². The molecule has 0 amide bonds. The molecule has 5 nitrogen and oxygen atoms in total. The van der Waals surface area contributed by atoms with Gasteiger partial charge in [-0.3, -0.25) is 0 Å². The van der Waals surface area contributed by atoms with Crippen LogP contribution in [0.4, 0.5) is 0 Å². The third kappa shape index (κ3) is 4.01. The molecule has 0 N–H and O–H groups in total. The Bertz CT molecular complexity index is 476. The molecule has 0 aliphatic rings. The maximum Gasteiger partial charge on any atom is 0.507 e. The molecule has 6 heteroatoms. The molecule has 0 heterocycles. The number of ether oxygens (including phenoxy) is 1. The van der Waals surface area contributed by atoms with E-state index in [4.69, 9.17) is 18.0 Å². The van der Waals surface area contributed by atoms with Crippen LogP contribution in [0.3, 0.4) is 0 Å². The molecular weight excluding hydrogens is 288 g/mol. The van der Waals surface area contributed by atoms with E-state index in [2.05, 4.69) is 6.58 Å². The Morgan fingerprint density at radius 2 is 1.81 bits per heavy atom. The summed E-state index contributed by atoms with van der Waals surface area (Å²) in [6.45, 7) is 5.54. The number of esters is 1. The molecule has 1 atom stereocenters. The highest BCUT2D eigenvalue weighted by atomic mass is 28.4. The van der Waals surface area contributed by atoms with E-state index in [1.807, 2.05) is 31.2 Å². The van der Waals surface area contributed by atoms with Gasteiger partial charge in [-0.1, -0.05) is 37.8 Å². The Hall–Kier alpha value is -1.47. The third-order valence-electron chi connectivity index (χ3n) is 3.44. The quantitative estimate of drug-likeness (QED) is 0.419. The largest absolute Gasteiger partial charge is 0.507 e. The van der Waals surface area contributed by atoms with Gasteiger partial charge in [0.05, 0.1) is 5.54 Å². The van der Waals surface area contributed by atoms with E-state index in [1.54, 1.807) is 21.3 Å². The van der Waals surface area contributed by atoms with Crippen molar-refractivity contribution in [2.75, 3.05) is 21.3 Å². The van der Waals surface area contributed by atoms with Crippen LogP contribution in [0.25, 0.3) is 0 Å². The maximum atomic E-state index is 11.2. The van der Waals surface area contributed by atoms with Crippen LogP contribution in [0.2, 0.25) is 0 Å². The van der Waals surface area contributed by atoms with Gasteiger partial charge in [-0.15, -0.1) is 0 Å². The first kappa shape index (κ1) is 17.6. The summed E-state index contributed by atoms with van der Waals surface area (Å²) in [5, 5.41) is 0. The van der Waals surface area contributed by atoms with Gasteiger partial charge in [0.2, 0.25) is 0 Å². The van der Waals surface area contributed by atoms with Crippen LogP contribution in [0.5, 0.6) is 0 Å². The van der Waals surface area contributed by atoms with Crippen molar-refractivity contribution < 1.29 is 22.8 Å².